The van der Waals surface area contributed by atoms with E-state index in [9.17, 15) is 15.3 Å². The molecule has 7 nitrogen and oxygen atoms in total. The zero-order valence-corrected chi connectivity index (χ0v) is 11.9. The zero-order chi connectivity index (χ0) is 15.9. The van der Waals surface area contributed by atoms with Crippen molar-refractivity contribution < 1.29 is 0 Å². The fraction of sp³-hybridized carbons (Fsp3) is 0. The second kappa shape index (κ2) is 4.88. The Morgan fingerprint density at radius 1 is 1.18 bits per heavy atom. The van der Waals surface area contributed by atoms with E-state index in [4.69, 9.17) is 11.5 Å². The standard InChI is InChI=1S/C14H8N6OS/c15-4-7-11(8(5-16)13(21)20-12(7)17)6-1-2-9-10(3-6)22-14(18)19-9/h1-3H,(H2,18,19)(H3,17,20,21). The Kier molecular flexibility index (Phi) is 3.02. The summed E-state index contributed by atoms with van der Waals surface area (Å²) in [6.07, 6.45) is 0. The van der Waals surface area contributed by atoms with E-state index in [2.05, 4.69) is 9.97 Å². The average Bonchev–Trinajstić information content (AvgIpc) is 2.85. The maximum absolute atomic E-state index is 11.9. The molecule has 0 atom stereocenters. The number of nitrogen functional groups attached to an aromatic ring is 2. The molecule has 0 saturated carbocycles. The zero-order valence-electron chi connectivity index (χ0n) is 11.0. The number of pyridine rings is 1. The van der Waals surface area contributed by atoms with E-state index >= 15 is 0 Å². The molecule has 8 heteroatoms. The molecule has 106 valence electrons. The number of hydrogen-bond donors (Lipinski definition) is 3. The summed E-state index contributed by atoms with van der Waals surface area (Å²) in [7, 11) is 0. The van der Waals surface area contributed by atoms with E-state index in [1.165, 1.54) is 11.3 Å². The molecule has 5 N–H and O–H groups in total. The molecule has 0 unspecified atom stereocenters. The summed E-state index contributed by atoms with van der Waals surface area (Å²) >= 11 is 1.28. The number of aromatic amines is 1. The third-order valence-corrected chi connectivity index (χ3v) is 4.01. The monoisotopic (exact) mass is 308 g/mol. The van der Waals surface area contributed by atoms with E-state index in [-0.39, 0.29) is 22.5 Å². The van der Waals surface area contributed by atoms with Crippen LogP contribution in [0.4, 0.5) is 10.9 Å². The van der Waals surface area contributed by atoms with Crippen LogP contribution in [0.1, 0.15) is 11.1 Å². The van der Waals surface area contributed by atoms with Crippen LogP contribution in [0.5, 0.6) is 0 Å². The summed E-state index contributed by atoms with van der Waals surface area (Å²) in [5.74, 6) is -0.0644. The van der Waals surface area contributed by atoms with Gasteiger partial charge >= 0.3 is 0 Å². The molecule has 3 rings (SSSR count). The Bertz CT molecular complexity index is 1050. The first-order valence-electron chi connectivity index (χ1n) is 6.07. The van der Waals surface area contributed by atoms with Crippen LogP contribution in [0, 0.1) is 22.7 Å². The van der Waals surface area contributed by atoms with Crippen LogP contribution in [0.25, 0.3) is 21.3 Å². The van der Waals surface area contributed by atoms with Gasteiger partial charge in [0.25, 0.3) is 5.56 Å². The SMILES string of the molecule is N#Cc1c(N)[nH]c(=O)c(C#N)c1-c1ccc2nc(N)sc2c1. The number of fused-ring (bicyclic) bond motifs is 1. The number of H-pyrrole nitrogens is 1. The highest BCUT2D eigenvalue weighted by molar-refractivity contribution is 7.22. The van der Waals surface area contributed by atoms with Gasteiger partial charge in [0.05, 0.1) is 10.2 Å². The number of rotatable bonds is 1. The van der Waals surface area contributed by atoms with Crippen LogP contribution in [0.3, 0.4) is 0 Å². The lowest BCUT2D eigenvalue weighted by Crippen LogP contribution is -2.16. The molecule has 0 saturated heterocycles. The lowest BCUT2D eigenvalue weighted by Gasteiger charge is -2.08. The number of nitriles is 2. The number of hydrogen-bond acceptors (Lipinski definition) is 7. The predicted molar refractivity (Wildman–Crippen MR) is 83.9 cm³/mol. The fourth-order valence-electron chi connectivity index (χ4n) is 2.23. The van der Waals surface area contributed by atoms with Gasteiger partial charge in [0, 0.05) is 5.56 Å². The van der Waals surface area contributed by atoms with Gasteiger partial charge in [-0.05, 0) is 17.7 Å². The maximum Gasteiger partial charge on any atom is 0.268 e. The fourth-order valence-corrected chi connectivity index (χ4v) is 3.00. The van der Waals surface area contributed by atoms with Crippen molar-refractivity contribution in [1.82, 2.24) is 9.97 Å². The lowest BCUT2D eigenvalue weighted by molar-refractivity contribution is 1.21. The predicted octanol–water partition coefficient (Wildman–Crippen LogP) is 1.56. The van der Waals surface area contributed by atoms with Crippen molar-refractivity contribution in [3.05, 3.63) is 39.7 Å². The van der Waals surface area contributed by atoms with Gasteiger partial charge in [-0.15, -0.1) is 0 Å². The molecule has 2 heterocycles. The third-order valence-electron chi connectivity index (χ3n) is 3.16. The Labute approximate surface area is 128 Å². The smallest absolute Gasteiger partial charge is 0.268 e. The molecule has 0 aliphatic rings. The second-order valence-electron chi connectivity index (χ2n) is 4.45. The van der Waals surface area contributed by atoms with Crippen LogP contribution < -0.4 is 17.0 Å². The van der Waals surface area contributed by atoms with Gasteiger partial charge in [-0.3, -0.25) is 4.79 Å². The summed E-state index contributed by atoms with van der Waals surface area (Å²) < 4.78 is 0.793. The minimum atomic E-state index is -0.627. The Hall–Kier alpha value is -3.36. The molecule has 0 spiro atoms. The van der Waals surface area contributed by atoms with Crippen molar-refractivity contribution in [2.24, 2.45) is 0 Å². The first-order valence-corrected chi connectivity index (χ1v) is 6.89. The number of aromatic nitrogens is 2. The summed E-state index contributed by atoms with van der Waals surface area (Å²) in [4.78, 5) is 18.4. The van der Waals surface area contributed by atoms with Crippen LogP contribution >= 0.6 is 11.3 Å². The normalized spacial score (nSPS) is 10.3. The first-order chi connectivity index (χ1) is 10.5. The summed E-state index contributed by atoms with van der Waals surface area (Å²) in [6.45, 7) is 0. The number of anilines is 2. The van der Waals surface area contributed by atoms with E-state index < -0.39 is 5.56 Å². The highest BCUT2D eigenvalue weighted by Gasteiger charge is 2.18. The molecular weight excluding hydrogens is 300 g/mol. The van der Waals surface area contributed by atoms with Crippen LogP contribution in [-0.4, -0.2) is 9.97 Å². The second-order valence-corrected chi connectivity index (χ2v) is 5.51. The van der Waals surface area contributed by atoms with Crippen molar-refractivity contribution in [2.75, 3.05) is 11.5 Å². The molecule has 0 fully saturated rings. The van der Waals surface area contributed by atoms with Gasteiger partial charge in [0.15, 0.2) is 5.13 Å². The van der Waals surface area contributed by atoms with Crippen LogP contribution in [0.15, 0.2) is 23.0 Å². The highest BCUT2D eigenvalue weighted by atomic mass is 32.1. The molecule has 0 aliphatic carbocycles. The number of thiazole rings is 1. The molecule has 22 heavy (non-hydrogen) atoms. The first kappa shape index (κ1) is 13.6. The molecule has 0 radical (unpaired) electrons. The topological polar surface area (TPSA) is 145 Å². The number of nitrogens with two attached hydrogens (primary N) is 2. The van der Waals surface area contributed by atoms with Gasteiger partial charge in [0.2, 0.25) is 0 Å². The number of nitrogens with zero attached hydrogens (tertiary/aromatic N) is 3. The van der Waals surface area contributed by atoms with Crippen molar-refractivity contribution in [2.45, 2.75) is 0 Å². The molecule has 1 aromatic carbocycles. The van der Waals surface area contributed by atoms with Crippen molar-refractivity contribution in [1.29, 1.82) is 10.5 Å². The molecule has 0 bridgehead atoms. The Morgan fingerprint density at radius 2 is 1.91 bits per heavy atom. The number of nitrogens with one attached hydrogen (secondary N) is 1. The van der Waals surface area contributed by atoms with Crippen molar-refractivity contribution in [3.8, 4) is 23.3 Å². The molecule has 0 amide bonds. The summed E-state index contributed by atoms with van der Waals surface area (Å²) in [6, 6.07) is 8.90. The van der Waals surface area contributed by atoms with Crippen LogP contribution in [0.2, 0.25) is 0 Å². The van der Waals surface area contributed by atoms with Gasteiger partial charge in [-0.25, -0.2) is 4.98 Å². The number of benzene rings is 1. The summed E-state index contributed by atoms with van der Waals surface area (Å²) in [5, 5.41) is 19.0. The minimum Gasteiger partial charge on any atom is -0.384 e. The third kappa shape index (κ3) is 1.95. The van der Waals surface area contributed by atoms with Gasteiger partial charge in [-0.2, -0.15) is 10.5 Å². The molecule has 3 aromatic rings. The van der Waals surface area contributed by atoms with E-state index in [1.807, 2.05) is 12.1 Å². The Morgan fingerprint density at radius 3 is 2.59 bits per heavy atom. The Balaban J connectivity index is 2.41. The van der Waals surface area contributed by atoms with Crippen molar-refractivity contribution in [3.63, 3.8) is 0 Å². The largest absolute Gasteiger partial charge is 0.384 e. The lowest BCUT2D eigenvalue weighted by atomic mass is 9.96. The van der Waals surface area contributed by atoms with Gasteiger partial charge in [-0.1, -0.05) is 17.4 Å². The van der Waals surface area contributed by atoms with E-state index in [1.54, 1.807) is 18.2 Å². The highest BCUT2D eigenvalue weighted by Crippen LogP contribution is 2.32. The van der Waals surface area contributed by atoms with E-state index in [0.717, 1.165) is 4.70 Å². The maximum atomic E-state index is 11.9. The van der Waals surface area contributed by atoms with E-state index in [0.29, 0.717) is 16.2 Å². The molecular formula is C14H8N6OS. The average molecular weight is 308 g/mol. The quantitative estimate of drug-likeness (QED) is 0.621. The van der Waals surface area contributed by atoms with Crippen LogP contribution in [-0.2, 0) is 0 Å². The molecule has 2 aromatic heterocycles. The molecule has 0 aliphatic heterocycles. The van der Waals surface area contributed by atoms with Gasteiger partial charge < -0.3 is 16.5 Å². The summed E-state index contributed by atoms with van der Waals surface area (Å²) in [5.41, 5.74) is 12.1. The van der Waals surface area contributed by atoms with Crippen molar-refractivity contribution >= 4 is 32.5 Å². The van der Waals surface area contributed by atoms with Gasteiger partial charge in [0.1, 0.15) is 29.1 Å². The minimum absolute atomic E-state index is 0.0630.